The molecule has 0 bridgehead atoms. The van der Waals surface area contributed by atoms with E-state index in [9.17, 15) is 10.2 Å². The molecule has 0 aliphatic heterocycles. The molecule has 98 valence electrons. The molecular formula is C15H26O2. The van der Waals surface area contributed by atoms with Crippen LogP contribution in [-0.2, 0) is 0 Å². The Kier molecular flexibility index (Phi) is 3.16. The monoisotopic (exact) mass is 238 g/mol. The highest BCUT2D eigenvalue weighted by atomic mass is 16.3. The average Bonchev–Trinajstić information content (AvgIpc) is 2.22. The minimum absolute atomic E-state index is 0.0839. The van der Waals surface area contributed by atoms with Crippen LogP contribution in [0.3, 0.4) is 0 Å². The Morgan fingerprint density at radius 2 is 2.00 bits per heavy atom. The maximum Gasteiger partial charge on any atom is 0.0755 e. The van der Waals surface area contributed by atoms with E-state index < -0.39 is 5.60 Å². The van der Waals surface area contributed by atoms with Crippen LogP contribution in [0.5, 0.6) is 0 Å². The van der Waals surface area contributed by atoms with E-state index in [1.807, 2.05) is 13.8 Å². The molecule has 2 rings (SSSR count). The van der Waals surface area contributed by atoms with Gasteiger partial charge in [-0.3, -0.25) is 0 Å². The third-order valence-electron chi connectivity index (χ3n) is 5.27. The van der Waals surface area contributed by atoms with E-state index in [2.05, 4.69) is 19.9 Å². The first-order valence-electron chi connectivity index (χ1n) is 6.86. The number of aliphatic hydroxyl groups excluding tert-OH is 1. The summed E-state index contributed by atoms with van der Waals surface area (Å²) in [5, 5.41) is 20.4. The highest BCUT2D eigenvalue weighted by Crippen LogP contribution is 2.53. The lowest BCUT2D eigenvalue weighted by Crippen LogP contribution is -2.45. The SMILES string of the molecule is C[C@H]1CC[C@@H](O)C2=CC[C@@H](C(C)(C)O)C[C@@]21C. The predicted molar refractivity (Wildman–Crippen MR) is 69.6 cm³/mol. The minimum atomic E-state index is -0.618. The minimum Gasteiger partial charge on any atom is -0.390 e. The van der Waals surface area contributed by atoms with E-state index in [0.717, 1.165) is 25.7 Å². The summed E-state index contributed by atoms with van der Waals surface area (Å²) in [6, 6.07) is 0. The van der Waals surface area contributed by atoms with Crippen LogP contribution in [0, 0.1) is 17.3 Å². The highest BCUT2D eigenvalue weighted by molar-refractivity contribution is 5.25. The molecule has 0 heterocycles. The average molecular weight is 238 g/mol. The summed E-state index contributed by atoms with van der Waals surface area (Å²) in [6.07, 6.45) is 5.84. The molecule has 0 aromatic heterocycles. The van der Waals surface area contributed by atoms with Gasteiger partial charge >= 0.3 is 0 Å². The van der Waals surface area contributed by atoms with Crippen molar-refractivity contribution >= 4 is 0 Å². The van der Waals surface area contributed by atoms with Crippen LogP contribution < -0.4 is 0 Å². The molecule has 0 aromatic rings. The number of allylic oxidation sites excluding steroid dienone is 1. The van der Waals surface area contributed by atoms with Gasteiger partial charge in [0.2, 0.25) is 0 Å². The summed E-state index contributed by atoms with van der Waals surface area (Å²) in [5.74, 6) is 0.909. The number of hydrogen-bond acceptors (Lipinski definition) is 2. The second-order valence-corrected chi connectivity index (χ2v) is 6.86. The largest absolute Gasteiger partial charge is 0.390 e. The Morgan fingerprint density at radius 3 is 2.59 bits per heavy atom. The Labute approximate surface area is 105 Å². The lowest BCUT2D eigenvalue weighted by molar-refractivity contribution is -0.0258. The zero-order valence-electron chi connectivity index (χ0n) is 11.5. The fraction of sp³-hybridized carbons (Fsp3) is 0.867. The lowest BCUT2D eigenvalue weighted by Gasteiger charge is -2.50. The van der Waals surface area contributed by atoms with Crippen molar-refractivity contribution < 1.29 is 10.2 Å². The molecule has 0 unspecified atom stereocenters. The van der Waals surface area contributed by atoms with Crippen molar-refractivity contribution in [3.05, 3.63) is 11.6 Å². The molecule has 0 saturated heterocycles. The van der Waals surface area contributed by atoms with Gasteiger partial charge in [-0.05, 0) is 62.4 Å². The van der Waals surface area contributed by atoms with E-state index in [-0.39, 0.29) is 11.5 Å². The molecule has 2 aliphatic carbocycles. The van der Waals surface area contributed by atoms with Crippen molar-refractivity contribution in [3.63, 3.8) is 0 Å². The Balaban J connectivity index is 2.31. The van der Waals surface area contributed by atoms with Crippen molar-refractivity contribution in [2.45, 2.75) is 65.1 Å². The van der Waals surface area contributed by atoms with Crippen molar-refractivity contribution in [2.75, 3.05) is 0 Å². The molecule has 2 nitrogen and oxygen atoms in total. The summed E-state index contributed by atoms with van der Waals surface area (Å²) >= 11 is 0. The highest BCUT2D eigenvalue weighted by Gasteiger charge is 2.47. The quantitative estimate of drug-likeness (QED) is 0.690. The van der Waals surface area contributed by atoms with Crippen molar-refractivity contribution in [1.82, 2.24) is 0 Å². The molecule has 0 amide bonds. The molecule has 1 fully saturated rings. The Bertz CT molecular complexity index is 326. The summed E-state index contributed by atoms with van der Waals surface area (Å²) in [4.78, 5) is 0. The fourth-order valence-electron chi connectivity index (χ4n) is 3.64. The first-order valence-corrected chi connectivity index (χ1v) is 6.86. The number of fused-ring (bicyclic) bond motifs is 1. The van der Waals surface area contributed by atoms with Crippen molar-refractivity contribution in [2.24, 2.45) is 17.3 Å². The molecule has 2 aliphatic rings. The lowest BCUT2D eigenvalue weighted by atomic mass is 9.56. The molecule has 2 heteroatoms. The second-order valence-electron chi connectivity index (χ2n) is 6.86. The molecule has 0 radical (unpaired) electrons. The van der Waals surface area contributed by atoms with Crippen LogP contribution in [0.2, 0.25) is 0 Å². The van der Waals surface area contributed by atoms with Crippen LogP contribution in [0.4, 0.5) is 0 Å². The van der Waals surface area contributed by atoms with Gasteiger partial charge in [0.1, 0.15) is 0 Å². The molecule has 1 saturated carbocycles. The van der Waals surface area contributed by atoms with Crippen LogP contribution >= 0.6 is 0 Å². The summed E-state index contributed by atoms with van der Waals surface area (Å²) in [7, 11) is 0. The molecule has 17 heavy (non-hydrogen) atoms. The molecule has 4 atom stereocenters. The van der Waals surface area contributed by atoms with Gasteiger partial charge in [0, 0.05) is 0 Å². The van der Waals surface area contributed by atoms with Gasteiger partial charge in [0.25, 0.3) is 0 Å². The predicted octanol–water partition coefficient (Wildman–Crippen LogP) is 2.89. The van der Waals surface area contributed by atoms with Gasteiger partial charge in [0.15, 0.2) is 0 Å². The molecule has 0 spiro atoms. The Morgan fingerprint density at radius 1 is 1.35 bits per heavy atom. The van der Waals surface area contributed by atoms with E-state index in [4.69, 9.17) is 0 Å². The molecule has 0 aromatic carbocycles. The van der Waals surface area contributed by atoms with Crippen molar-refractivity contribution in [3.8, 4) is 0 Å². The van der Waals surface area contributed by atoms with E-state index in [1.54, 1.807) is 0 Å². The van der Waals surface area contributed by atoms with Gasteiger partial charge in [-0.15, -0.1) is 0 Å². The first kappa shape index (κ1) is 13.1. The van der Waals surface area contributed by atoms with Crippen LogP contribution in [0.1, 0.15) is 53.4 Å². The molecular weight excluding hydrogens is 212 g/mol. The molecule has 2 N–H and O–H groups in total. The third-order valence-corrected chi connectivity index (χ3v) is 5.27. The number of hydrogen-bond donors (Lipinski definition) is 2. The standard InChI is InChI=1S/C15H26O2/c1-10-5-8-13(16)12-7-6-11(14(2,3)17)9-15(10,12)4/h7,10-11,13,16-17H,5-6,8-9H2,1-4H3/t10-,11+,13+,15+/m0/s1. The van der Waals surface area contributed by atoms with Crippen LogP contribution in [-0.4, -0.2) is 21.9 Å². The van der Waals surface area contributed by atoms with E-state index in [1.165, 1.54) is 5.57 Å². The zero-order valence-corrected chi connectivity index (χ0v) is 11.5. The maximum atomic E-state index is 10.2. The van der Waals surface area contributed by atoms with Crippen LogP contribution in [0.25, 0.3) is 0 Å². The zero-order chi connectivity index (χ0) is 12.8. The van der Waals surface area contributed by atoms with Gasteiger partial charge in [-0.1, -0.05) is 19.9 Å². The second kappa shape index (κ2) is 4.10. The number of aliphatic hydroxyl groups is 2. The van der Waals surface area contributed by atoms with E-state index >= 15 is 0 Å². The normalized spacial score (nSPS) is 42.9. The van der Waals surface area contributed by atoms with Gasteiger partial charge in [-0.2, -0.15) is 0 Å². The third kappa shape index (κ3) is 2.17. The van der Waals surface area contributed by atoms with E-state index in [0.29, 0.717) is 11.8 Å². The topological polar surface area (TPSA) is 40.5 Å². The maximum absolute atomic E-state index is 10.2. The van der Waals surface area contributed by atoms with Gasteiger partial charge < -0.3 is 10.2 Å². The Hall–Kier alpha value is -0.340. The number of rotatable bonds is 1. The summed E-state index contributed by atoms with van der Waals surface area (Å²) < 4.78 is 0. The first-order chi connectivity index (χ1) is 7.75. The van der Waals surface area contributed by atoms with Crippen molar-refractivity contribution in [1.29, 1.82) is 0 Å². The summed E-state index contributed by atoms with van der Waals surface area (Å²) in [6.45, 7) is 8.36. The van der Waals surface area contributed by atoms with Gasteiger partial charge in [-0.25, -0.2) is 0 Å². The fourth-order valence-corrected chi connectivity index (χ4v) is 3.64. The van der Waals surface area contributed by atoms with Gasteiger partial charge in [0.05, 0.1) is 11.7 Å². The smallest absolute Gasteiger partial charge is 0.0755 e. The van der Waals surface area contributed by atoms with Crippen LogP contribution in [0.15, 0.2) is 11.6 Å². The summed E-state index contributed by atoms with van der Waals surface area (Å²) in [5.41, 5.74) is 0.699.